The molecule has 1 amide bonds. The van der Waals surface area contributed by atoms with Gasteiger partial charge in [-0.2, -0.15) is 8.78 Å². The molecule has 0 aliphatic heterocycles. The van der Waals surface area contributed by atoms with Gasteiger partial charge in [0.25, 0.3) is 5.91 Å². The van der Waals surface area contributed by atoms with Crippen molar-refractivity contribution in [3.63, 3.8) is 0 Å². The van der Waals surface area contributed by atoms with Crippen LogP contribution in [0.15, 0.2) is 0 Å². The molecule has 0 heterocycles. The summed E-state index contributed by atoms with van der Waals surface area (Å²) in [6.45, 7) is 2.58. The number of alkyl halides is 4. The van der Waals surface area contributed by atoms with Crippen molar-refractivity contribution >= 4 is 5.91 Å². The van der Waals surface area contributed by atoms with Crippen molar-refractivity contribution in [3.05, 3.63) is 0 Å². The standard InChI is InChI=1S/C7H12F4N2O/c1-6(2,3-12)13-5(14)7(10,11)4(8)9/h4H,3,12H2,1-2H3,(H,13,14). The van der Waals surface area contributed by atoms with Crippen molar-refractivity contribution in [2.75, 3.05) is 6.54 Å². The van der Waals surface area contributed by atoms with Crippen LogP contribution >= 0.6 is 0 Å². The molecule has 0 radical (unpaired) electrons. The fourth-order valence-electron chi connectivity index (χ4n) is 0.541. The van der Waals surface area contributed by atoms with Crippen LogP contribution in [-0.4, -0.2) is 30.3 Å². The molecule has 0 saturated carbocycles. The second kappa shape index (κ2) is 4.12. The molecule has 0 rings (SSSR count). The minimum atomic E-state index is -4.67. The molecule has 0 aliphatic carbocycles. The Morgan fingerprint density at radius 1 is 1.43 bits per heavy atom. The Kier molecular flexibility index (Phi) is 3.87. The lowest BCUT2D eigenvalue weighted by Gasteiger charge is -2.26. The van der Waals surface area contributed by atoms with E-state index in [0.29, 0.717) is 0 Å². The SMILES string of the molecule is CC(C)(CN)NC(=O)C(F)(F)C(F)F. The number of rotatable bonds is 4. The lowest BCUT2D eigenvalue weighted by molar-refractivity contribution is -0.171. The monoisotopic (exact) mass is 216 g/mol. The molecule has 0 saturated heterocycles. The number of nitrogens with two attached hydrogens (primary N) is 1. The Bertz CT molecular complexity index is 218. The van der Waals surface area contributed by atoms with Crippen molar-refractivity contribution in [1.29, 1.82) is 0 Å². The molecule has 84 valence electrons. The van der Waals surface area contributed by atoms with Gasteiger partial charge in [0, 0.05) is 12.1 Å². The van der Waals surface area contributed by atoms with E-state index in [1.165, 1.54) is 13.8 Å². The first-order valence-electron chi connectivity index (χ1n) is 3.82. The minimum Gasteiger partial charge on any atom is -0.345 e. The summed E-state index contributed by atoms with van der Waals surface area (Å²) in [7, 11) is 0. The van der Waals surface area contributed by atoms with Crippen LogP contribution in [-0.2, 0) is 4.79 Å². The molecule has 3 N–H and O–H groups in total. The number of halogens is 4. The third-order valence-corrected chi connectivity index (χ3v) is 1.54. The Balaban J connectivity index is 4.50. The van der Waals surface area contributed by atoms with Gasteiger partial charge in [0.05, 0.1) is 0 Å². The van der Waals surface area contributed by atoms with Gasteiger partial charge in [-0.1, -0.05) is 0 Å². The number of hydrogen-bond donors (Lipinski definition) is 2. The van der Waals surface area contributed by atoms with E-state index in [1.54, 1.807) is 5.32 Å². The maximum Gasteiger partial charge on any atom is 0.383 e. The van der Waals surface area contributed by atoms with Gasteiger partial charge in [-0.25, -0.2) is 8.78 Å². The lowest BCUT2D eigenvalue weighted by Crippen LogP contribution is -2.56. The molecule has 0 fully saturated rings. The van der Waals surface area contributed by atoms with Crippen LogP contribution in [0.3, 0.4) is 0 Å². The van der Waals surface area contributed by atoms with Gasteiger partial charge < -0.3 is 11.1 Å². The minimum absolute atomic E-state index is 0.127. The van der Waals surface area contributed by atoms with Crippen LogP contribution in [0.5, 0.6) is 0 Å². The number of carbonyl (C=O) groups excluding carboxylic acids is 1. The fraction of sp³-hybridized carbons (Fsp3) is 0.857. The van der Waals surface area contributed by atoms with E-state index in [4.69, 9.17) is 5.73 Å². The smallest absolute Gasteiger partial charge is 0.345 e. The second-order valence-electron chi connectivity index (χ2n) is 3.47. The fourth-order valence-corrected chi connectivity index (χ4v) is 0.541. The van der Waals surface area contributed by atoms with Crippen molar-refractivity contribution in [3.8, 4) is 0 Å². The Morgan fingerprint density at radius 3 is 2.14 bits per heavy atom. The van der Waals surface area contributed by atoms with Crippen LogP contribution in [0.4, 0.5) is 17.6 Å². The molecule has 0 aliphatic rings. The van der Waals surface area contributed by atoms with E-state index in [1.807, 2.05) is 0 Å². The molecule has 3 nitrogen and oxygen atoms in total. The topological polar surface area (TPSA) is 55.1 Å². The maximum absolute atomic E-state index is 12.4. The first-order chi connectivity index (χ1) is 6.13. The highest BCUT2D eigenvalue weighted by Gasteiger charge is 2.49. The summed E-state index contributed by atoms with van der Waals surface area (Å²) < 4.78 is 48.2. The maximum atomic E-state index is 12.4. The average Bonchev–Trinajstić information content (AvgIpc) is 2.03. The number of carbonyl (C=O) groups is 1. The number of nitrogens with one attached hydrogen (secondary N) is 1. The Morgan fingerprint density at radius 2 is 1.86 bits per heavy atom. The zero-order valence-electron chi connectivity index (χ0n) is 7.78. The molecule has 14 heavy (non-hydrogen) atoms. The van der Waals surface area contributed by atoms with E-state index in [-0.39, 0.29) is 6.54 Å². The normalized spacial score (nSPS) is 13.1. The lowest BCUT2D eigenvalue weighted by atomic mass is 10.1. The summed E-state index contributed by atoms with van der Waals surface area (Å²) in [5.41, 5.74) is 4.00. The summed E-state index contributed by atoms with van der Waals surface area (Å²) >= 11 is 0. The highest BCUT2D eigenvalue weighted by atomic mass is 19.3. The molecular formula is C7H12F4N2O. The van der Waals surface area contributed by atoms with Crippen LogP contribution in [0.1, 0.15) is 13.8 Å². The van der Waals surface area contributed by atoms with Gasteiger partial charge in [-0.05, 0) is 13.8 Å². The molecule has 0 aromatic rings. The largest absolute Gasteiger partial charge is 0.383 e. The molecular weight excluding hydrogens is 204 g/mol. The second-order valence-corrected chi connectivity index (χ2v) is 3.47. The first-order valence-corrected chi connectivity index (χ1v) is 3.82. The van der Waals surface area contributed by atoms with Crippen LogP contribution < -0.4 is 11.1 Å². The highest BCUT2D eigenvalue weighted by Crippen LogP contribution is 2.23. The molecule has 0 unspecified atom stereocenters. The quantitative estimate of drug-likeness (QED) is 0.681. The van der Waals surface area contributed by atoms with Crippen molar-refractivity contribution in [1.82, 2.24) is 5.32 Å². The molecule has 0 bridgehead atoms. The van der Waals surface area contributed by atoms with Crippen LogP contribution in [0.25, 0.3) is 0 Å². The van der Waals surface area contributed by atoms with Gasteiger partial charge in [0.15, 0.2) is 0 Å². The molecule has 0 spiro atoms. The third-order valence-electron chi connectivity index (χ3n) is 1.54. The van der Waals surface area contributed by atoms with Gasteiger partial charge in [-0.3, -0.25) is 4.79 Å². The van der Waals surface area contributed by atoms with Gasteiger partial charge in [0.1, 0.15) is 0 Å². The molecule has 0 aromatic heterocycles. The van der Waals surface area contributed by atoms with Crippen LogP contribution in [0, 0.1) is 0 Å². The number of hydrogen-bond acceptors (Lipinski definition) is 2. The van der Waals surface area contributed by atoms with E-state index in [0.717, 1.165) is 0 Å². The Labute approximate surface area is 78.6 Å². The zero-order chi connectivity index (χ0) is 11.6. The van der Waals surface area contributed by atoms with Crippen molar-refractivity contribution in [2.45, 2.75) is 31.7 Å². The summed E-state index contributed by atoms with van der Waals surface area (Å²) in [6, 6.07) is 0. The van der Waals surface area contributed by atoms with E-state index >= 15 is 0 Å². The predicted molar refractivity (Wildman–Crippen MR) is 42.2 cm³/mol. The van der Waals surface area contributed by atoms with Crippen molar-refractivity contribution < 1.29 is 22.4 Å². The van der Waals surface area contributed by atoms with E-state index in [2.05, 4.69) is 0 Å². The van der Waals surface area contributed by atoms with Gasteiger partial charge in [-0.15, -0.1) is 0 Å². The summed E-state index contributed by atoms with van der Waals surface area (Å²) in [5, 5.41) is 1.73. The van der Waals surface area contributed by atoms with Crippen LogP contribution in [0.2, 0.25) is 0 Å². The zero-order valence-corrected chi connectivity index (χ0v) is 7.78. The van der Waals surface area contributed by atoms with Gasteiger partial charge in [0.2, 0.25) is 0 Å². The van der Waals surface area contributed by atoms with E-state index in [9.17, 15) is 22.4 Å². The van der Waals surface area contributed by atoms with Crippen molar-refractivity contribution in [2.24, 2.45) is 5.73 Å². The Hall–Kier alpha value is -0.850. The molecule has 0 aromatic carbocycles. The first kappa shape index (κ1) is 13.2. The molecule has 7 heteroatoms. The highest BCUT2D eigenvalue weighted by molar-refractivity contribution is 5.84. The summed E-state index contributed by atoms with van der Waals surface area (Å²) in [4.78, 5) is 10.7. The number of amides is 1. The third kappa shape index (κ3) is 3.13. The van der Waals surface area contributed by atoms with Gasteiger partial charge >= 0.3 is 12.3 Å². The molecule has 0 atom stereocenters. The average molecular weight is 216 g/mol. The van der Waals surface area contributed by atoms with E-state index < -0.39 is 23.8 Å². The summed E-state index contributed by atoms with van der Waals surface area (Å²) in [5.74, 6) is -6.69. The summed E-state index contributed by atoms with van der Waals surface area (Å²) in [6.07, 6.45) is -4.02. The predicted octanol–water partition coefficient (Wildman–Crippen LogP) is 0.740.